The highest BCUT2D eigenvalue weighted by molar-refractivity contribution is 5.93. The van der Waals surface area contributed by atoms with Crippen molar-refractivity contribution in [3.63, 3.8) is 0 Å². The zero-order valence-electron chi connectivity index (χ0n) is 11.2. The van der Waals surface area contributed by atoms with E-state index in [4.69, 9.17) is 5.84 Å². The van der Waals surface area contributed by atoms with Crippen molar-refractivity contribution in [3.05, 3.63) is 70.8 Å². The van der Waals surface area contributed by atoms with Crippen LogP contribution in [0.3, 0.4) is 0 Å². The topological polar surface area (TPSA) is 58.4 Å². The number of benzene rings is 2. The van der Waals surface area contributed by atoms with Gasteiger partial charge in [-0.1, -0.05) is 36.4 Å². The van der Waals surface area contributed by atoms with E-state index >= 15 is 0 Å². The molecule has 102 valence electrons. The minimum atomic E-state index is -0.253. The number of hydrogen-bond acceptors (Lipinski definition) is 3. The highest BCUT2D eigenvalue weighted by Gasteiger charge is 2.18. The fourth-order valence-corrected chi connectivity index (χ4v) is 2.67. The fourth-order valence-electron chi connectivity index (χ4n) is 2.67. The van der Waals surface area contributed by atoms with Crippen molar-refractivity contribution in [2.24, 2.45) is 5.84 Å². The number of amides is 1. The number of nitrogens with zero attached hydrogens (tertiary/aromatic N) is 1. The molecule has 1 aliphatic heterocycles. The van der Waals surface area contributed by atoms with Gasteiger partial charge < -0.3 is 0 Å². The summed E-state index contributed by atoms with van der Waals surface area (Å²) in [5, 5.41) is 0. The van der Waals surface area contributed by atoms with Crippen LogP contribution in [0.2, 0.25) is 0 Å². The van der Waals surface area contributed by atoms with Crippen LogP contribution in [0, 0.1) is 0 Å². The first-order valence-electron chi connectivity index (χ1n) is 6.65. The Hall–Kier alpha value is -2.17. The number of nitrogen functional groups attached to an aromatic ring is 1. The Bertz CT molecular complexity index is 614. The summed E-state index contributed by atoms with van der Waals surface area (Å²) in [4.78, 5) is 13.9. The second kappa shape index (κ2) is 5.45. The maximum Gasteiger partial charge on any atom is 0.265 e. The number of nitrogens with two attached hydrogens (primary N) is 1. The molecule has 0 fully saturated rings. The van der Waals surface area contributed by atoms with Crippen LogP contribution < -0.4 is 11.3 Å². The van der Waals surface area contributed by atoms with Gasteiger partial charge in [0.05, 0.1) is 0 Å². The van der Waals surface area contributed by atoms with Crippen molar-refractivity contribution in [2.75, 3.05) is 0 Å². The predicted molar refractivity (Wildman–Crippen MR) is 77.5 cm³/mol. The fraction of sp³-hybridized carbons (Fsp3) is 0.188. The van der Waals surface area contributed by atoms with Gasteiger partial charge in [0.25, 0.3) is 5.91 Å². The number of rotatable bonds is 3. The van der Waals surface area contributed by atoms with Gasteiger partial charge >= 0.3 is 0 Å². The van der Waals surface area contributed by atoms with Gasteiger partial charge in [-0.15, -0.1) is 0 Å². The van der Waals surface area contributed by atoms with E-state index in [0.29, 0.717) is 5.56 Å². The van der Waals surface area contributed by atoms with Gasteiger partial charge in [-0.3, -0.25) is 15.1 Å². The number of hydrazine groups is 1. The Morgan fingerprint density at radius 1 is 1.10 bits per heavy atom. The van der Waals surface area contributed by atoms with Crippen molar-refractivity contribution < 1.29 is 4.79 Å². The van der Waals surface area contributed by atoms with Gasteiger partial charge in [0, 0.05) is 25.2 Å². The van der Waals surface area contributed by atoms with Gasteiger partial charge in [0.15, 0.2) is 0 Å². The summed E-state index contributed by atoms with van der Waals surface area (Å²) < 4.78 is 0. The molecule has 4 nitrogen and oxygen atoms in total. The standard InChI is InChI=1S/C16H17N3O/c17-18-16(20)13-7-3-4-12(8-13)9-19-10-14-5-1-2-6-15(14)11-19/h1-8H,9-11,17H2,(H,18,20). The van der Waals surface area contributed by atoms with Gasteiger partial charge in [-0.25, -0.2) is 5.84 Å². The Morgan fingerprint density at radius 3 is 2.45 bits per heavy atom. The molecule has 0 atom stereocenters. The van der Waals surface area contributed by atoms with Gasteiger partial charge in [0.1, 0.15) is 0 Å². The largest absolute Gasteiger partial charge is 0.291 e. The Balaban J connectivity index is 1.72. The van der Waals surface area contributed by atoms with Crippen LogP contribution in [0.5, 0.6) is 0 Å². The van der Waals surface area contributed by atoms with E-state index in [1.165, 1.54) is 11.1 Å². The van der Waals surface area contributed by atoms with E-state index < -0.39 is 0 Å². The highest BCUT2D eigenvalue weighted by atomic mass is 16.2. The molecule has 0 bridgehead atoms. The molecule has 2 aromatic carbocycles. The molecule has 3 N–H and O–H groups in total. The number of fused-ring (bicyclic) bond motifs is 1. The number of carbonyl (C=O) groups excluding carboxylic acids is 1. The van der Waals surface area contributed by atoms with E-state index in [1.54, 1.807) is 6.07 Å². The molecule has 4 heteroatoms. The lowest BCUT2D eigenvalue weighted by molar-refractivity contribution is 0.0953. The Kier molecular flexibility index (Phi) is 3.50. The summed E-state index contributed by atoms with van der Waals surface area (Å²) in [5.74, 6) is 4.91. The molecule has 0 saturated heterocycles. The minimum absolute atomic E-state index is 0.253. The van der Waals surface area contributed by atoms with Crippen LogP contribution in [-0.2, 0) is 19.6 Å². The summed E-state index contributed by atoms with van der Waals surface area (Å²) in [6, 6.07) is 16.1. The van der Waals surface area contributed by atoms with E-state index in [2.05, 4.69) is 34.6 Å². The number of carbonyl (C=O) groups is 1. The quantitative estimate of drug-likeness (QED) is 0.506. The van der Waals surface area contributed by atoms with Crippen LogP contribution in [0.15, 0.2) is 48.5 Å². The summed E-state index contributed by atoms with van der Waals surface area (Å²) >= 11 is 0. The molecule has 1 aliphatic rings. The molecule has 0 radical (unpaired) electrons. The zero-order chi connectivity index (χ0) is 13.9. The first-order chi connectivity index (χ1) is 9.76. The third-order valence-corrected chi connectivity index (χ3v) is 3.63. The van der Waals surface area contributed by atoms with Crippen molar-refractivity contribution >= 4 is 5.91 Å². The second-order valence-corrected chi connectivity index (χ2v) is 5.09. The molecule has 1 heterocycles. The summed E-state index contributed by atoms with van der Waals surface area (Å²) in [6.45, 7) is 2.76. The number of hydrogen-bond donors (Lipinski definition) is 2. The Morgan fingerprint density at radius 2 is 1.80 bits per heavy atom. The van der Waals surface area contributed by atoms with Crippen molar-refractivity contribution in [1.29, 1.82) is 0 Å². The molecule has 0 saturated carbocycles. The summed E-state index contributed by atoms with van der Waals surface area (Å²) in [5.41, 5.74) is 6.67. The summed E-state index contributed by atoms with van der Waals surface area (Å²) in [7, 11) is 0. The molecule has 0 unspecified atom stereocenters. The molecule has 3 rings (SSSR count). The first-order valence-corrected chi connectivity index (χ1v) is 6.65. The smallest absolute Gasteiger partial charge is 0.265 e. The first kappa shape index (κ1) is 12.8. The molecule has 1 amide bonds. The maximum atomic E-state index is 11.5. The van der Waals surface area contributed by atoms with Crippen molar-refractivity contribution in [1.82, 2.24) is 10.3 Å². The van der Waals surface area contributed by atoms with Gasteiger partial charge in [-0.05, 0) is 28.8 Å². The van der Waals surface area contributed by atoms with Crippen LogP contribution >= 0.6 is 0 Å². The zero-order valence-corrected chi connectivity index (χ0v) is 11.2. The maximum absolute atomic E-state index is 11.5. The lowest BCUT2D eigenvalue weighted by Crippen LogP contribution is -2.30. The molecular formula is C16H17N3O. The molecule has 0 spiro atoms. The van der Waals surface area contributed by atoms with Crippen LogP contribution in [0.4, 0.5) is 0 Å². The van der Waals surface area contributed by atoms with E-state index in [-0.39, 0.29) is 5.91 Å². The van der Waals surface area contributed by atoms with Gasteiger partial charge in [0.2, 0.25) is 0 Å². The lowest BCUT2D eigenvalue weighted by Gasteiger charge is -2.15. The molecule has 20 heavy (non-hydrogen) atoms. The molecule has 0 aromatic heterocycles. The minimum Gasteiger partial charge on any atom is -0.291 e. The predicted octanol–water partition coefficient (Wildman–Crippen LogP) is 1.81. The van der Waals surface area contributed by atoms with Crippen LogP contribution in [0.1, 0.15) is 27.0 Å². The number of nitrogens with one attached hydrogen (secondary N) is 1. The third kappa shape index (κ3) is 2.57. The molecule has 2 aromatic rings. The van der Waals surface area contributed by atoms with Crippen molar-refractivity contribution in [2.45, 2.75) is 19.6 Å². The SMILES string of the molecule is NNC(=O)c1cccc(CN2Cc3ccccc3C2)c1. The Labute approximate surface area is 118 Å². The average Bonchev–Trinajstić information content (AvgIpc) is 2.88. The van der Waals surface area contributed by atoms with E-state index in [1.807, 2.05) is 18.2 Å². The molecule has 0 aliphatic carbocycles. The van der Waals surface area contributed by atoms with Crippen LogP contribution in [-0.4, -0.2) is 10.8 Å². The second-order valence-electron chi connectivity index (χ2n) is 5.09. The lowest BCUT2D eigenvalue weighted by atomic mass is 10.1. The average molecular weight is 267 g/mol. The van der Waals surface area contributed by atoms with Crippen molar-refractivity contribution in [3.8, 4) is 0 Å². The normalized spacial score (nSPS) is 14.1. The van der Waals surface area contributed by atoms with E-state index in [0.717, 1.165) is 25.2 Å². The monoisotopic (exact) mass is 267 g/mol. The molecular weight excluding hydrogens is 250 g/mol. The van der Waals surface area contributed by atoms with E-state index in [9.17, 15) is 4.79 Å². The summed E-state index contributed by atoms with van der Waals surface area (Å²) in [6.07, 6.45) is 0. The highest BCUT2D eigenvalue weighted by Crippen LogP contribution is 2.24. The van der Waals surface area contributed by atoms with Crippen LogP contribution in [0.25, 0.3) is 0 Å². The third-order valence-electron chi connectivity index (χ3n) is 3.63. The van der Waals surface area contributed by atoms with Gasteiger partial charge in [-0.2, -0.15) is 0 Å².